The predicted molar refractivity (Wildman–Crippen MR) is 129 cm³/mol. The molecule has 2 aromatic rings. The van der Waals surface area contributed by atoms with Gasteiger partial charge in [0.05, 0.1) is 5.60 Å². The molecule has 190 valence electrons. The van der Waals surface area contributed by atoms with Crippen LogP contribution in [0.1, 0.15) is 69.7 Å². The van der Waals surface area contributed by atoms with Gasteiger partial charge in [0, 0.05) is 31.3 Å². The molecule has 35 heavy (non-hydrogen) atoms. The van der Waals surface area contributed by atoms with Gasteiger partial charge in [0.15, 0.2) is 17.5 Å². The molecule has 4 bridgehead atoms. The number of hydrogen-bond acceptors (Lipinski definition) is 8. The number of aliphatic hydroxyl groups is 1. The van der Waals surface area contributed by atoms with Crippen molar-refractivity contribution in [2.45, 2.75) is 83.5 Å². The number of unbranched alkanes of at least 4 members (excludes halogenated alkanes) is 1. The van der Waals surface area contributed by atoms with Gasteiger partial charge in [-0.05, 0) is 63.2 Å². The van der Waals surface area contributed by atoms with Crippen LogP contribution in [-0.2, 0) is 16.1 Å². The SMILES string of the molecule is CCCCC(=O)OCc1nc(N(C)C2C3CC4CC2CC(O)(C4)C3)nc(Nc2cc(C)[nH]n2)c1F. The maximum absolute atomic E-state index is 15.4. The molecule has 9 nitrogen and oxygen atoms in total. The van der Waals surface area contributed by atoms with Gasteiger partial charge in [-0.3, -0.25) is 9.89 Å². The predicted octanol–water partition coefficient (Wildman–Crippen LogP) is 4.00. The molecule has 0 radical (unpaired) electrons. The van der Waals surface area contributed by atoms with Crippen molar-refractivity contribution in [3.05, 3.63) is 23.3 Å². The summed E-state index contributed by atoms with van der Waals surface area (Å²) in [4.78, 5) is 23.2. The lowest BCUT2D eigenvalue weighted by Gasteiger charge is -2.59. The van der Waals surface area contributed by atoms with Crippen LogP contribution in [0.5, 0.6) is 0 Å². The summed E-state index contributed by atoms with van der Waals surface area (Å²) >= 11 is 0. The van der Waals surface area contributed by atoms with E-state index in [-0.39, 0.29) is 30.1 Å². The van der Waals surface area contributed by atoms with E-state index < -0.39 is 11.4 Å². The zero-order valence-electron chi connectivity index (χ0n) is 20.7. The Hall–Kier alpha value is -2.75. The number of aromatic nitrogens is 4. The first kappa shape index (κ1) is 24.0. The highest BCUT2D eigenvalue weighted by Gasteiger charge is 2.56. The number of rotatable bonds is 9. The zero-order valence-corrected chi connectivity index (χ0v) is 20.7. The molecule has 0 aliphatic heterocycles. The Balaban J connectivity index is 1.42. The van der Waals surface area contributed by atoms with Gasteiger partial charge in [0.1, 0.15) is 12.3 Å². The van der Waals surface area contributed by atoms with Crippen LogP contribution >= 0.6 is 0 Å². The van der Waals surface area contributed by atoms with Crippen LogP contribution in [-0.4, -0.2) is 49.9 Å². The summed E-state index contributed by atoms with van der Waals surface area (Å²) < 4.78 is 20.8. The minimum atomic E-state index is -0.662. The molecule has 2 aromatic heterocycles. The number of nitrogens with zero attached hydrogens (tertiary/aromatic N) is 4. The first-order valence-electron chi connectivity index (χ1n) is 12.7. The molecule has 0 saturated heterocycles. The maximum Gasteiger partial charge on any atom is 0.306 e. The number of hydrogen-bond donors (Lipinski definition) is 3. The van der Waals surface area contributed by atoms with Gasteiger partial charge < -0.3 is 20.1 Å². The van der Waals surface area contributed by atoms with Crippen molar-refractivity contribution in [3.63, 3.8) is 0 Å². The van der Waals surface area contributed by atoms with Crippen molar-refractivity contribution in [1.29, 1.82) is 0 Å². The second-order valence-electron chi connectivity index (χ2n) is 10.8. The number of anilines is 3. The number of carbonyl (C=O) groups is 1. The Kier molecular flexibility index (Phi) is 6.41. The average Bonchev–Trinajstić information content (AvgIpc) is 3.21. The monoisotopic (exact) mass is 486 g/mol. The number of carbonyl (C=O) groups excluding carboxylic acids is 1. The standard InChI is InChI=1S/C25H35FN6O3/c1-4-5-6-20(33)35-13-18-21(26)23(28-19-7-14(2)30-31-19)29-24(27-18)32(3)22-16-8-15-9-17(22)12-25(34,10-15)11-16/h7,15-17,22,34H,4-6,8-13H2,1-3H3,(H2,27,28,29,30,31). The Labute approximate surface area is 204 Å². The molecular weight excluding hydrogens is 451 g/mol. The minimum Gasteiger partial charge on any atom is -0.459 e. The lowest BCUT2D eigenvalue weighted by atomic mass is 9.52. The Morgan fingerprint density at radius 3 is 2.69 bits per heavy atom. The summed E-state index contributed by atoms with van der Waals surface area (Å²) in [5.41, 5.74) is 0.319. The molecule has 2 unspecified atom stereocenters. The fraction of sp³-hybridized carbons (Fsp3) is 0.680. The molecule has 0 spiro atoms. The molecule has 6 rings (SSSR count). The van der Waals surface area contributed by atoms with Crippen LogP contribution < -0.4 is 10.2 Å². The van der Waals surface area contributed by atoms with E-state index in [2.05, 4.69) is 25.5 Å². The number of nitrogens with one attached hydrogen (secondary N) is 2. The number of esters is 1. The van der Waals surface area contributed by atoms with Crippen molar-refractivity contribution in [2.75, 3.05) is 17.3 Å². The first-order chi connectivity index (χ1) is 16.7. The van der Waals surface area contributed by atoms with Crippen molar-refractivity contribution < 1.29 is 19.0 Å². The van der Waals surface area contributed by atoms with Crippen molar-refractivity contribution in [3.8, 4) is 0 Å². The van der Waals surface area contributed by atoms with Crippen LogP contribution in [0.15, 0.2) is 6.07 Å². The van der Waals surface area contributed by atoms with Crippen LogP contribution in [0.4, 0.5) is 22.0 Å². The topological polar surface area (TPSA) is 116 Å². The summed E-state index contributed by atoms with van der Waals surface area (Å²) in [5.74, 6) is 1.07. The molecule has 2 atom stereocenters. The first-order valence-corrected chi connectivity index (χ1v) is 12.7. The molecule has 0 amide bonds. The van der Waals surface area contributed by atoms with Crippen molar-refractivity contribution in [1.82, 2.24) is 20.2 Å². The van der Waals surface area contributed by atoms with E-state index in [9.17, 15) is 9.90 Å². The maximum atomic E-state index is 15.4. The second kappa shape index (κ2) is 9.37. The van der Waals surface area contributed by atoms with Crippen LogP contribution in [0, 0.1) is 30.5 Å². The van der Waals surface area contributed by atoms with Gasteiger partial charge in [-0.15, -0.1) is 0 Å². The lowest BCUT2D eigenvalue weighted by molar-refractivity contribution is -0.145. The van der Waals surface area contributed by atoms with E-state index in [4.69, 9.17) is 4.74 Å². The van der Waals surface area contributed by atoms with E-state index in [0.29, 0.717) is 35.9 Å². The minimum absolute atomic E-state index is 0.00426. The summed E-state index contributed by atoms with van der Waals surface area (Å²) in [6.07, 6.45) is 6.57. The summed E-state index contributed by atoms with van der Waals surface area (Å²) in [6.45, 7) is 3.59. The number of aryl methyl sites for hydroxylation is 1. The third-order valence-corrected chi connectivity index (χ3v) is 7.92. The molecular formula is C25H35FN6O3. The highest BCUT2D eigenvalue weighted by atomic mass is 19.1. The molecule has 3 N–H and O–H groups in total. The van der Waals surface area contributed by atoms with Crippen molar-refractivity contribution in [2.24, 2.45) is 17.8 Å². The molecule has 4 saturated carbocycles. The van der Waals surface area contributed by atoms with Crippen molar-refractivity contribution >= 4 is 23.6 Å². The Morgan fingerprint density at radius 1 is 1.31 bits per heavy atom. The number of H-pyrrole nitrogens is 1. The van der Waals surface area contributed by atoms with Crippen LogP contribution in [0.2, 0.25) is 0 Å². The largest absolute Gasteiger partial charge is 0.459 e. The van der Waals surface area contributed by atoms with Gasteiger partial charge in [0.2, 0.25) is 5.95 Å². The highest BCUT2D eigenvalue weighted by molar-refractivity contribution is 5.69. The smallest absolute Gasteiger partial charge is 0.306 e. The van der Waals surface area contributed by atoms with E-state index in [1.165, 1.54) is 0 Å². The van der Waals surface area contributed by atoms with E-state index in [1.807, 2.05) is 25.8 Å². The zero-order chi connectivity index (χ0) is 24.7. The fourth-order valence-corrected chi connectivity index (χ4v) is 6.68. The van der Waals surface area contributed by atoms with Gasteiger partial charge in [-0.1, -0.05) is 13.3 Å². The van der Waals surface area contributed by atoms with E-state index >= 15 is 4.39 Å². The average molecular weight is 487 g/mol. The van der Waals surface area contributed by atoms with Crippen LogP contribution in [0.25, 0.3) is 0 Å². The molecule has 4 aliphatic carbocycles. The molecule has 4 fully saturated rings. The summed E-state index contributed by atoms with van der Waals surface area (Å²) in [7, 11) is 1.95. The molecule has 4 aliphatic rings. The molecule has 10 heteroatoms. The van der Waals surface area contributed by atoms with E-state index in [0.717, 1.165) is 50.6 Å². The second-order valence-corrected chi connectivity index (χ2v) is 10.8. The Morgan fingerprint density at radius 2 is 2.06 bits per heavy atom. The van der Waals surface area contributed by atoms with Gasteiger partial charge in [0.25, 0.3) is 0 Å². The number of aromatic amines is 1. The lowest BCUT2D eigenvalue weighted by Crippen LogP contribution is -2.61. The number of ether oxygens (including phenoxy) is 1. The summed E-state index contributed by atoms with van der Waals surface area (Å²) in [5, 5.41) is 20.9. The fourth-order valence-electron chi connectivity index (χ4n) is 6.68. The molecule has 2 heterocycles. The quantitative estimate of drug-likeness (QED) is 0.456. The van der Waals surface area contributed by atoms with Gasteiger partial charge >= 0.3 is 5.97 Å². The number of halogens is 1. The third-order valence-electron chi connectivity index (χ3n) is 7.92. The molecule has 0 aromatic carbocycles. The summed E-state index contributed by atoms with van der Waals surface area (Å²) in [6, 6.07) is 1.94. The van der Waals surface area contributed by atoms with E-state index in [1.54, 1.807) is 6.07 Å². The third kappa shape index (κ3) is 4.85. The Bertz CT molecular complexity index is 1080. The van der Waals surface area contributed by atoms with Crippen LogP contribution in [0.3, 0.4) is 0 Å². The van der Waals surface area contributed by atoms with Gasteiger partial charge in [-0.2, -0.15) is 10.1 Å². The van der Waals surface area contributed by atoms with Gasteiger partial charge in [-0.25, -0.2) is 9.37 Å². The normalized spacial score (nSPS) is 28.8. The highest BCUT2D eigenvalue weighted by Crippen LogP contribution is 2.57.